The largest absolute Gasteiger partial charge is 0.298 e. The molecule has 20 heavy (non-hydrogen) atoms. The summed E-state index contributed by atoms with van der Waals surface area (Å²) >= 11 is 20.2. The van der Waals surface area contributed by atoms with E-state index in [1.807, 2.05) is 0 Å². The quantitative estimate of drug-likeness (QED) is 0.646. The van der Waals surface area contributed by atoms with Crippen LogP contribution in [0.4, 0.5) is 5.13 Å². The standard InChI is InChI=1S/C12H5Cl3N2OS2/c13-5-1-2-7-8(3-5)19-12(16-7)17-11(18)6-4-9(14)20-10(6)15/h1-4H,(H,16,17,18). The van der Waals surface area contributed by atoms with Crippen LogP contribution in [0, 0.1) is 0 Å². The Hall–Kier alpha value is -0.850. The molecule has 8 heteroatoms. The zero-order valence-electron chi connectivity index (χ0n) is 9.62. The third-order valence-corrected chi connectivity index (χ3v) is 5.13. The molecule has 2 aromatic heterocycles. The minimum Gasteiger partial charge on any atom is -0.298 e. The number of hydrogen-bond donors (Lipinski definition) is 1. The van der Waals surface area contributed by atoms with Gasteiger partial charge in [0.25, 0.3) is 5.91 Å². The Morgan fingerprint density at radius 1 is 1.15 bits per heavy atom. The molecule has 1 aromatic carbocycles. The Kier molecular flexibility index (Phi) is 3.88. The summed E-state index contributed by atoms with van der Waals surface area (Å²) in [5.41, 5.74) is 1.13. The number of benzene rings is 1. The van der Waals surface area contributed by atoms with E-state index < -0.39 is 0 Å². The number of carbonyl (C=O) groups is 1. The van der Waals surface area contributed by atoms with Gasteiger partial charge >= 0.3 is 0 Å². The summed E-state index contributed by atoms with van der Waals surface area (Å²) in [6.07, 6.45) is 0. The molecule has 0 aliphatic carbocycles. The van der Waals surface area contributed by atoms with Crippen molar-refractivity contribution in [3.05, 3.63) is 43.5 Å². The molecule has 1 N–H and O–H groups in total. The number of carbonyl (C=O) groups excluding carboxylic acids is 1. The molecule has 0 unspecified atom stereocenters. The lowest BCUT2D eigenvalue weighted by Crippen LogP contribution is -2.10. The van der Waals surface area contributed by atoms with Gasteiger partial charge in [-0.1, -0.05) is 46.1 Å². The molecule has 0 aliphatic heterocycles. The van der Waals surface area contributed by atoms with Crippen molar-refractivity contribution in [2.75, 3.05) is 5.32 Å². The summed E-state index contributed by atoms with van der Waals surface area (Å²) in [5.74, 6) is -0.330. The first-order chi connectivity index (χ1) is 9.52. The molecule has 0 saturated carbocycles. The third-order valence-electron chi connectivity index (χ3n) is 2.47. The zero-order valence-corrected chi connectivity index (χ0v) is 13.5. The second-order valence-electron chi connectivity index (χ2n) is 3.82. The summed E-state index contributed by atoms with van der Waals surface area (Å²) in [6, 6.07) is 6.90. The van der Waals surface area contributed by atoms with Crippen molar-refractivity contribution in [1.29, 1.82) is 0 Å². The van der Waals surface area contributed by atoms with E-state index in [-0.39, 0.29) is 5.91 Å². The number of amides is 1. The van der Waals surface area contributed by atoms with Crippen LogP contribution >= 0.6 is 57.5 Å². The van der Waals surface area contributed by atoms with E-state index in [4.69, 9.17) is 34.8 Å². The minimum atomic E-state index is -0.330. The van der Waals surface area contributed by atoms with Crippen LogP contribution in [-0.4, -0.2) is 10.9 Å². The number of thiophene rings is 1. The normalized spacial score (nSPS) is 10.9. The maximum atomic E-state index is 12.1. The van der Waals surface area contributed by atoms with E-state index >= 15 is 0 Å². The molecule has 1 amide bonds. The van der Waals surface area contributed by atoms with Crippen LogP contribution in [0.3, 0.4) is 0 Å². The molecule has 0 bridgehead atoms. The number of aromatic nitrogens is 1. The van der Waals surface area contributed by atoms with Crippen LogP contribution in [0.15, 0.2) is 24.3 Å². The van der Waals surface area contributed by atoms with E-state index in [2.05, 4.69) is 10.3 Å². The number of rotatable bonds is 2. The van der Waals surface area contributed by atoms with Gasteiger partial charge < -0.3 is 0 Å². The van der Waals surface area contributed by atoms with Gasteiger partial charge in [-0.15, -0.1) is 11.3 Å². The van der Waals surface area contributed by atoms with E-state index in [0.29, 0.717) is 24.4 Å². The molecule has 0 saturated heterocycles. The lowest BCUT2D eigenvalue weighted by atomic mass is 10.3. The van der Waals surface area contributed by atoms with Gasteiger partial charge in [0.2, 0.25) is 0 Å². The third kappa shape index (κ3) is 2.77. The predicted molar refractivity (Wildman–Crippen MR) is 86.9 cm³/mol. The number of nitrogens with zero attached hydrogens (tertiary/aromatic N) is 1. The van der Waals surface area contributed by atoms with Gasteiger partial charge in [-0.3, -0.25) is 10.1 Å². The maximum Gasteiger partial charge on any atom is 0.259 e. The van der Waals surface area contributed by atoms with E-state index in [1.54, 1.807) is 18.2 Å². The molecular formula is C12H5Cl3N2OS2. The molecule has 0 spiro atoms. The Bertz CT molecular complexity index is 812. The van der Waals surface area contributed by atoms with Crippen LogP contribution in [0.25, 0.3) is 10.2 Å². The van der Waals surface area contributed by atoms with Gasteiger partial charge in [0, 0.05) is 5.02 Å². The molecule has 102 valence electrons. The average molecular weight is 364 g/mol. The highest BCUT2D eigenvalue weighted by molar-refractivity contribution is 7.22. The van der Waals surface area contributed by atoms with Crippen LogP contribution in [0.2, 0.25) is 13.7 Å². The van der Waals surface area contributed by atoms with Crippen molar-refractivity contribution in [2.24, 2.45) is 0 Å². The molecule has 0 atom stereocenters. The fraction of sp³-hybridized carbons (Fsp3) is 0. The number of fused-ring (bicyclic) bond motifs is 1. The van der Waals surface area contributed by atoms with Gasteiger partial charge in [0.1, 0.15) is 4.34 Å². The number of hydrogen-bond acceptors (Lipinski definition) is 4. The molecule has 3 nitrogen and oxygen atoms in total. The number of anilines is 1. The summed E-state index contributed by atoms with van der Waals surface area (Å²) in [4.78, 5) is 16.4. The monoisotopic (exact) mass is 362 g/mol. The first-order valence-corrected chi connectivity index (χ1v) is 8.12. The van der Waals surface area contributed by atoms with Crippen LogP contribution in [0.5, 0.6) is 0 Å². The Balaban J connectivity index is 1.89. The van der Waals surface area contributed by atoms with Gasteiger partial charge in [-0.25, -0.2) is 4.98 Å². The number of nitrogens with one attached hydrogen (secondary N) is 1. The predicted octanol–water partition coefficient (Wildman–Crippen LogP) is 5.57. The van der Waals surface area contributed by atoms with Crippen molar-refractivity contribution in [1.82, 2.24) is 4.98 Å². The molecule has 3 rings (SSSR count). The smallest absolute Gasteiger partial charge is 0.259 e. The van der Waals surface area contributed by atoms with Crippen molar-refractivity contribution in [3.8, 4) is 0 Å². The Morgan fingerprint density at radius 3 is 2.65 bits per heavy atom. The topological polar surface area (TPSA) is 42.0 Å². The summed E-state index contributed by atoms with van der Waals surface area (Å²) < 4.78 is 1.73. The van der Waals surface area contributed by atoms with E-state index in [9.17, 15) is 4.79 Å². The second kappa shape index (κ2) is 5.50. The molecule has 0 fully saturated rings. The van der Waals surface area contributed by atoms with Gasteiger partial charge in [0.15, 0.2) is 5.13 Å². The fourth-order valence-electron chi connectivity index (χ4n) is 1.61. The number of thiazole rings is 1. The van der Waals surface area contributed by atoms with Crippen molar-refractivity contribution < 1.29 is 4.79 Å². The van der Waals surface area contributed by atoms with Gasteiger partial charge in [-0.2, -0.15) is 0 Å². The summed E-state index contributed by atoms with van der Waals surface area (Å²) in [6.45, 7) is 0. The highest BCUT2D eigenvalue weighted by Gasteiger charge is 2.16. The molecule has 0 radical (unpaired) electrons. The Morgan fingerprint density at radius 2 is 1.95 bits per heavy atom. The zero-order chi connectivity index (χ0) is 14.3. The van der Waals surface area contributed by atoms with Crippen molar-refractivity contribution >= 4 is 78.7 Å². The first-order valence-electron chi connectivity index (χ1n) is 5.35. The van der Waals surface area contributed by atoms with E-state index in [0.717, 1.165) is 21.6 Å². The average Bonchev–Trinajstić information content (AvgIpc) is 2.91. The minimum absolute atomic E-state index is 0.330. The van der Waals surface area contributed by atoms with Crippen LogP contribution < -0.4 is 5.32 Å². The van der Waals surface area contributed by atoms with Gasteiger partial charge in [-0.05, 0) is 24.3 Å². The summed E-state index contributed by atoms with van der Waals surface area (Å²) in [7, 11) is 0. The van der Waals surface area contributed by atoms with Gasteiger partial charge in [0.05, 0.1) is 20.1 Å². The fourth-order valence-corrected chi connectivity index (χ4v) is 4.21. The lowest BCUT2D eigenvalue weighted by Gasteiger charge is -1.98. The van der Waals surface area contributed by atoms with E-state index in [1.165, 1.54) is 17.4 Å². The molecule has 2 heterocycles. The molecule has 0 aliphatic rings. The maximum absolute atomic E-state index is 12.1. The summed E-state index contributed by atoms with van der Waals surface area (Å²) in [5, 5.41) is 3.83. The van der Waals surface area contributed by atoms with Crippen LogP contribution in [0.1, 0.15) is 10.4 Å². The van der Waals surface area contributed by atoms with Crippen LogP contribution in [-0.2, 0) is 0 Å². The highest BCUT2D eigenvalue weighted by Crippen LogP contribution is 2.33. The highest BCUT2D eigenvalue weighted by atomic mass is 35.5. The Labute approximate surface area is 137 Å². The van der Waals surface area contributed by atoms with Crippen molar-refractivity contribution in [2.45, 2.75) is 0 Å². The van der Waals surface area contributed by atoms with Crippen molar-refractivity contribution in [3.63, 3.8) is 0 Å². The lowest BCUT2D eigenvalue weighted by molar-refractivity contribution is 0.102. The second-order valence-corrected chi connectivity index (χ2v) is 7.58. The SMILES string of the molecule is O=C(Nc1nc2ccc(Cl)cc2s1)c1cc(Cl)sc1Cl. The molecule has 3 aromatic rings. The number of halogens is 3. The molecular weight excluding hydrogens is 359 g/mol. The first kappa shape index (κ1) is 14.1.